The van der Waals surface area contributed by atoms with Gasteiger partial charge in [0.2, 0.25) is 0 Å². The summed E-state index contributed by atoms with van der Waals surface area (Å²) in [6.07, 6.45) is 86.6. The molecule has 0 amide bonds. The maximum absolute atomic E-state index is 12.9. The van der Waals surface area contributed by atoms with Crippen LogP contribution >= 0.6 is 0 Å². The van der Waals surface area contributed by atoms with Crippen LogP contribution < -0.4 is 0 Å². The summed E-state index contributed by atoms with van der Waals surface area (Å²) in [5, 5.41) is 0. The number of rotatable bonds is 69. The summed E-state index contributed by atoms with van der Waals surface area (Å²) in [6.45, 7) is 6.71. The molecule has 1 atom stereocenters. The van der Waals surface area contributed by atoms with Crippen molar-refractivity contribution >= 4 is 17.9 Å². The van der Waals surface area contributed by atoms with Crippen LogP contribution in [-0.4, -0.2) is 37.2 Å². The van der Waals surface area contributed by atoms with E-state index in [2.05, 4.69) is 45.1 Å². The topological polar surface area (TPSA) is 78.9 Å². The van der Waals surface area contributed by atoms with Crippen molar-refractivity contribution in [1.82, 2.24) is 0 Å². The van der Waals surface area contributed by atoms with Crippen molar-refractivity contribution in [3.63, 3.8) is 0 Å². The Bertz CT molecular complexity index is 1310. The summed E-state index contributed by atoms with van der Waals surface area (Å²) in [6, 6.07) is 0. The Balaban J connectivity index is 4.08. The highest BCUT2D eigenvalue weighted by atomic mass is 16.6. The Kier molecular flexibility index (Phi) is 68.5. The molecule has 0 saturated carbocycles. The van der Waals surface area contributed by atoms with Crippen molar-refractivity contribution in [3.05, 3.63) is 24.3 Å². The van der Waals surface area contributed by atoms with Crippen LogP contribution in [0.25, 0.3) is 0 Å². The second-order valence-corrected chi connectivity index (χ2v) is 25.2. The number of allylic oxidation sites excluding steroid dienone is 4. The Morgan fingerprint density at radius 3 is 0.617 bits per heavy atom. The number of unbranched alkanes of at least 4 members (excludes halogenated alkanes) is 54. The third-order valence-corrected chi connectivity index (χ3v) is 16.9. The molecular formula is C75H142O6. The second kappa shape index (κ2) is 70.4. The highest BCUT2D eigenvalue weighted by Gasteiger charge is 2.20. The summed E-state index contributed by atoms with van der Waals surface area (Å²) in [5.74, 6) is -0.839. The van der Waals surface area contributed by atoms with Crippen molar-refractivity contribution in [2.45, 2.75) is 425 Å². The van der Waals surface area contributed by atoms with Crippen LogP contribution in [-0.2, 0) is 28.6 Å². The molecule has 0 aliphatic rings. The lowest BCUT2D eigenvalue weighted by Gasteiger charge is -2.18. The van der Waals surface area contributed by atoms with Crippen molar-refractivity contribution < 1.29 is 28.6 Å². The maximum Gasteiger partial charge on any atom is 0.306 e. The molecule has 0 radical (unpaired) electrons. The number of esters is 3. The third-order valence-electron chi connectivity index (χ3n) is 16.9. The first-order valence-corrected chi connectivity index (χ1v) is 36.8. The maximum atomic E-state index is 12.9. The highest BCUT2D eigenvalue weighted by Crippen LogP contribution is 2.19. The third kappa shape index (κ3) is 68.6. The minimum atomic E-state index is -0.770. The molecule has 0 aromatic carbocycles. The predicted octanol–water partition coefficient (Wildman–Crippen LogP) is 25.3. The normalized spacial score (nSPS) is 12.1. The number of hydrogen-bond acceptors (Lipinski definition) is 6. The molecule has 0 aromatic rings. The number of carbonyl (C=O) groups is 3. The van der Waals surface area contributed by atoms with Crippen LogP contribution in [0.4, 0.5) is 0 Å². The first kappa shape index (κ1) is 78.9. The first-order valence-electron chi connectivity index (χ1n) is 36.8. The van der Waals surface area contributed by atoms with Gasteiger partial charge < -0.3 is 14.2 Å². The van der Waals surface area contributed by atoms with Gasteiger partial charge >= 0.3 is 17.9 Å². The quantitative estimate of drug-likeness (QED) is 0.0261. The van der Waals surface area contributed by atoms with E-state index in [1.165, 1.54) is 321 Å². The van der Waals surface area contributed by atoms with Gasteiger partial charge in [0.1, 0.15) is 13.2 Å². The molecule has 0 spiro atoms. The summed E-state index contributed by atoms with van der Waals surface area (Å²) >= 11 is 0. The fourth-order valence-electron chi connectivity index (χ4n) is 11.4. The Labute approximate surface area is 506 Å². The van der Waals surface area contributed by atoms with Gasteiger partial charge in [-0.2, -0.15) is 0 Å². The van der Waals surface area contributed by atoms with Crippen LogP contribution in [0.2, 0.25) is 0 Å². The highest BCUT2D eigenvalue weighted by molar-refractivity contribution is 5.71. The zero-order chi connectivity index (χ0) is 58.5. The number of carbonyl (C=O) groups excluding carboxylic acids is 3. The smallest absolute Gasteiger partial charge is 0.306 e. The Morgan fingerprint density at radius 2 is 0.407 bits per heavy atom. The molecule has 0 N–H and O–H groups in total. The SMILES string of the molecule is CCCCCCCCC/C=C\CCCCCCCCCC(=O)OC(COC(=O)CCCCCCCCCCCCCC)COC(=O)CCCCCCCCCCCCCCCCCCCCCCC/C=C\CCCCCCCCCC. The van der Waals surface area contributed by atoms with E-state index in [1.54, 1.807) is 0 Å². The minimum Gasteiger partial charge on any atom is -0.462 e. The molecule has 0 rings (SSSR count). The molecule has 0 heterocycles. The van der Waals surface area contributed by atoms with Gasteiger partial charge in [0.15, 0.2) is 6.10 Å². The van der Waals surface area contributed by atoms with Crippen molar-refractivity contribution in [3.8, 4) is 0 Å². The standard InChI is InChI=1S/C75H142O6/c1-4-7-10-13-16-19-22-25-27-29-31-32-33-34-35-36-37-38-39-40-41-42-43-44-45-47-48-50-53-56-59-62-65-68-74(77)80-71-72(70-79-73(76)67-64-61-58-55-52-24-21-18-15-12-9-6-3)81-75(78)69-66-63-60-57-54-51-49-46-30-28-26-23-20-17-14-11-8-5-2/h28-31,72H,4-27,32-71H2,1-3H3/b30-28-,31-29-. The molecule has 0 bridgehead atoms. The summed E-state index contributed by atoms with van der Waals surface area (Å²) in [5.41, 5.74) is 0. The van der Waals surface area contributed by atoms with Crippen LogP contribution in [0.5, 0.6) is 0 Å². The Morgan fingerprint density at radius 1 is 0.235 bits per heavy atom. The molecule has 0 fully saturated rings. The lowest BCUT2D eigenvalue weighted by atomic mass is 10.0. The van der Waals surface area contributed by atoms with Gasteiger partial charge in [-0.05, 0) is 70.6 Å². The average Bonchev–Trinajstić information content (AvgIpc) is 3.47. The van der Waals surface area contributed by atoms with E-state index in [9.17, 15) is 14.4 Å². The summed E-state index contributed by atoms with van der Waals surface area (Å²) < 4.78 is 17.0. The van der Waals surface area contributed by atoms with E-state index in [-0.39, 0.29) is 31.1 Å². The van der Waals surface area contributed by atoms with E-state index in [0.717, 1.165) is 57.8 Å². The molecule has 6 nitrogen and oxygen atoms in total. The zero-order valence-corrected chi connectivity index (χ0v) is 55.1. The molecule has 1 unspecified atom stereocenters. The fraction of sp³-hybridized carbons (Fsp3) is 0.907. The molecule has 81 heavy (non-hydrogen) atoms. The predicted molar refractivity (Wildman–Crippen MR) is 353 cm³/mol. The van der Waals surface area contributed by atoms with Gasteiger partial charge in [-0.15, -0.1) is 0 Å². The van der Waals surface area contributed by atoms with Crippen LogP contribution in [0.1, 0.15) is 419 Å². The largest absolute Gasteiger partial charge is 0.462 e. The van der Waals surface area contributed by atoms with Crippen molar-refractivity contribution in [1.29, 1.82) is 0 Å². The van der Waals surface area contributed by atoms with E-state index >= 15 is 0 Å². The zero-order valence-electron chi connectivity index (χ0n) is 55.1. The van der Waals surface area contributed by atoms with Crippen LogP contribution in [0, 0.1) is 0 Å². The molecule has 478 valence electrons. The molecule has 0 aromatic heterocycles. The Hall–Kier alpha value is -2.11. The molecule has 0 aliphatic heterocycles. The summed E-state index contributed by atoms with van der Waals surface area (Å²) in [4.78, 5) is 38.4. The average molecular weight is 1140 g/mol. The van der Waals surface area contributed by atoms with Crippen molar-refractivity contribution in [2.75, 3.05) is 13.2 Å². The molecule has 0 saturated heterocycles. The van der Waals surface area contributed by atoms with Gasteiger partial charge in [-0.25, -0.2) is 0 Å². The van der Waals surface area contributed by atoms with E-state index in [1.807, 2.05) is 0 Å². The van der Waals surface area contributed by atoms with Crippen LogP contribution in [0.15, 0.2) is 24.3 Å². The first-order chi connectivity index (χ1) is 40.0. The van der Waals surface area contributed by atoms with Gasteiger partial charge in [0, 0.05) is 19.3 Å². The van der Waals surface area contributed by atoms with Gasteiger partial charge in [-0.1, -0.05) is 353 Å². The lowest BCUT2D eigenvalue weighted by molar-refractivity contribution is -0.167. The molecule has 0 aliphatic carbocycles. The second-order valence-electron chi connectivity index (χ2n) is 25.2. The van der Waals surface area contributed by atoms with Gasteiger partial charge in [-0.3, -0.25) is 14.4 Å². The van der Waals surface area contributed by atoms with Crippen LogP contribution in [0.3, 0.4) is 0 Å². The summed E-state index contributed by atoms with van der Waals surface area (Å²) in [7, 11) is 0. The number of hydrogen-bond donors (Lipinski definition) is 0. The number of ether oxygens (including phenoxy) is 3. The lowest BCUT2D eigenvalue weighted by Crippen LogP contribution is -2.30. The monoisotopic (exact) mass is 1140 g/mol. The van der Waals surface area contributed by atoms with Gasteiger partial charge in [0.25, 0.3) is 0 Å². The molecule has 6 heteroatoms. The van der Waals surface area contributed by atoms with E-state index in [0.29, 0.717) is 19.3 Å². The fourth-order valence-corrected chi connectivity index (χ4v) is 11.4. The van der Waals surface area contributed by atoms with Gasteiger partial charge in [0.05, 0.1) is 0 Å². The minimum absolute atomic E-state index is 0.0664. The van der Waals surface area contributed by atoms with Crippen molar-refractivity contribution in [2.24, 2.45) is 0 Å². The molecular weight excluding hydrogens is 997 g/mol. The van der Waals surface area contributed by atoms with E-state index in [4.69, 9.17) is 14.2 Å². The van der Waals surface area contributed by atoms with E-state index < -0.39 is 6.10 Å².